The second-order valence-corrected chi connectivity index (χ2v) is 12.4. The third-order valence-corrected chi connectivity index (χ3v) is 9.27. The van der Waals surface area contributed by atoms with Crippen molar-refractivity contribution in [2.75, 3.05) is 17.9 Å². The maximum atomic E-state index is 14.9. The van der Waals surface area contributed by atoms with Crippen LogP contribution >= 0.6 is 0 Å². The molecule has 2 amide bonds. The molecule has 4 rings (SSSR count). The standard InChI is InChI=1S/C34H36FN3O4S/c1-24-14-18-30(19-15-24)43(41,42)38(29-17-16-25(2)26(3)20-29)23-33(39)37(22-28-12-8-9-13-31(28)35)32(34(40)36-4)21-27-10-6-5-7-11-27/h5-20,32H,21-23H2,1-4H3,(H,36,40). The molecule has 9 heteroatoms. The van der Waals surface area contributed by atoms with Crippen LogP contribution in [0.1, 0.15) is 27.8 Å². The zero-order valence-electron chi connectivity index (χ0n) is 24.7. The van der Waals surface area contributed by atoms with Crippen molar-refractivity contribution in [3.8, 4) is 0 Å². The predicted molar refractivity (Wildman–Crippen MR) is 167 cm³/mol. The molecule has 0 fully saturated rings. The number of hydrogen-bond donors (Lipinski definition) is 1. The van der Waals surface area contributed by atoms with Crippen molar-refractivity contribution < 1.29 is 22.4 Å². The van der Waals surface area contributed by atoms with E-state index in [0.29, 0.717) is 5.69 Å². The van der Waals surface area contributed by atoms with Gasteiger partial charge in [-0.15, -0.1) is 0 Å². The topological polar surface area (TPSA) is 86.8 Å². The number of likely N-dealkylation sites (N-methyl/N-ethyl adjacent to an activating group) is 1. The van der Waals surface area contributed by atoms with Gasteiger partial charge in [0.05, 0.1) is 10.6 Å². The number of anilines is 1. The average Bonchev–Trinajstić information content (AvgIpc) is 3.00. The zero-order valence-corrected chi connectivity index (χ0v) is 25.6. The SMILES string of the molecule is CNC(=O)C(Cc1ccccc1)N(Cc1ccccc1F)C(=O)CN(c1ccc(C)c(C)c1)S(=O)(=O)c1ccc(C)cc1. The lowest BCUT2D eigenvalue weighted by Crippen LogP contribution is -2.53. The minimum atomic E-state index is -4.21. The number of sulfonamides is 1. The van der Waals surface area contributed by atoms with E-state index in [9.17, 15) is 22.4 Å². The van der Waals surface area contributed by atoms with Crippen molar-refractivity contribution in [1.29, 1.82) is 0 Å². The lowest BCUT2D eigenvalue weighted by molar-refractivity contribution is -0.139. The molecule has 0 aromatic heterocycles. The van der Waals surface area contributed by atoms with Gasteiger partial charge in [0, 0.05) is 25.6 Å². The van der Waals surface area contributed by atoms with E-state index in [1.54, 1.807) is 48.5 Å². The summed E-state index contributed by atoms with van der Waals surface area (Å²) in [7, 11) is -2.74. The van der Waals surface area contributed by atoms with Crippen molar-refractivity contribution in [3.05, 3.63) is 131 Å². The van der Waals surface area contributed by atoms with Gasteiger partial charge in [-0.2, -0.15) is 0 Å². The molecule has 224 valence electrons. The van der Waals surface area contributed by atoms with Gasteiger partial charge in [-0.3, -0.25) is 13.9 Å². The average molecular weight is 602 g/mol. The molecule has 1 atom stereocenters. The maximum Gasteiger partial charge on any atom is 0.264 e. The molecule has 0 aliphatic heterocycles. The largest absolute Gasteiger partial charge is 0.357 e. The lowest BCUT2D eigenvalue weighted by atomic mass is 10.0. The van der Waals surface area contributed by atoms with E-state index in [-0.39, 0.29) is 23.4 Å². The van der Waals surface area contributed by atoms with Crippen molar-refractivity contribution >= 4 is 27.5 Å². The van der Waals surface area contributed by atoms with Gasteiger partial charge < -0.3 is 10.2 Å². The van der Waals surface area contributed by atoms with Crippen LogP contribution in [0.4, 0.5) is 10.1 Å². The van der Waals surface area contributed by atoms with E-state index in [0.717, 1.165) is 26.6 Å². The fraction of sp³-hybridized carbons (Fsp3) is 0.235. The first-order chi connectivity index (χ1) is 20.5. The van der Waals surface area contributed by atoms with Gasteiger partial charge in [0.1, 0.15) is 18.4 Å². The van der Waals surface area contributed by atoms with Gasteiger partial charge in [0.15, 0.2) is 0 Å². The number of hydrogen-bond acceptors (Lipinski definition) is 4. The third-order valence-electron chi connectivity index (χ3n) is 7.48. The Balaban J connectivity index is 1.81. The number of carbonyl (C=O) groups excluding carboxylic acids is 2. The maximum absolute atomic E-state index is 14.9. The number of amides is 2. The van der Waals surface area contributed by atoms with E-state index in [2.05, 4.69) is 5.32 Å². The fourth-order valence-electron chi connectivity index (χ4n) is 4.78. The minimum absolute atomic E-state index is 0.0249. The van der Waals surface area contributed by atoms with E-state index in [4.69, 9.17) is 0 Å². The Bertz CT molecular complexity index is 1690. The first kappa shape index (κ1) is 31.4. The molecule has 1 N–H and O–H groups in total. The molecule has 0 bridgehead atoms. The quantitative estimate of drug-likeness (QED) is 0.252. The molecule has 4 aromatic rings. The molecule has 43 heavy (non-hydrogen) atoms. The number of nitrogens with zero attached hydrogens (tertiary/aromatic N) is 2. The van der Waals surface area contributed by atoms with E-state index >= 15 is 0 Å². The number of carbonyl (C=O) groups is 2. The zero-order chi connectivity index (χ0) is 31.1. The monoisotopic (exact) mass is 601 g/mol. The normalized spacial score (nSPS) is 11.9. The summed E-state index contributed by atoms with van der Waals surface area (Å²) in [6.45, 7) is 4.80. The molecule has 0 aliphatic rings. The van der Waals surface area contributed by atoms with Gasteiger partial charge >= 0.3 is 0 Å². The third kappa shape index (κ3) is 7.48. The molecule has 1 unspecified atom stereocenters. The van der Waals surface area contributed by atoms with E-state index < -0.39 is 40.2 Å². The van der Waals surface area contributed by atoms with Crippen LogP contribution in [-0.4, -0.2) is 44.8 Å². The number of benzene rings is 4. The van der Waals surface area contributed by atoms with Crippen LogP contribution < -0.4 is 9.62 Å². The van der Waals surface area contributed by atoms with Gasteiger partial charge in [0.25, 0.3) is 10.0 Å². The van der Waals surface area contributed by atoms with Crippen LogP contribution in [0.2, 0.25) is 0 Å². The highest BCUT2D eigenvalue weighted by Crippen LogP contribution is 2.27. The molecule has 0 saturated heterocycles. The summed E-state index contributed by atoms with van der Waals surface area (Å²) in [6.07, 6.45) is 0.148. The first-order valence-corrected chi connectivity index (χ1v) is 15.4. The number of aryl methyl sites for hydroxylation is 3. The molecular formula is C34H36FN3O4S. The second kappa shape index (κ2) is 13.6. The van der Waals surface area contributed by atoms with Crippen LogP contribution in [0.25, 0.3) is 0 Å². The summed E-state index contributed by atoms with van der Waals surface area (Å²) >= 11 is 0. The summed E-state index contributed by atoms with van der Waals surface area (Å²) in [4.78, 5) is 28.9. The molecular weight excluding hydrogens is 565 g/mol. The van der Waals surface area contributed by atoms with Gasteiger partial charge in [0.2, 0.25) is 11.8 Å². The molecule has 0 heterocycles. The van der Waals surface area contributed by atoms with Crippen LogP contribution in [0.3, 0.4) is 0 Å². The van der Waals surface area contributed by atoms with Crippen molar-refractivity contribution in [3.63, 3.8) is 0 Å². The summed E-state index contributed by atoms with van der Waals surface area (Å²) in [6, 6.07) is 25.7. The predicted octanol–water partition coefficient (Wildman–Crippen LogP) is 5.33. The number of halogens is 1. The van der Waals surface area contributed by atoms with Crippen molar-refractivity contribution in [1.82, 2.24) is 10.2 Å². The summed E-state index contributed by atoms with van der Waals surface area (Å²) in [5.74, 6) is -1.64. The minimum Gasteiger partial charge on any atom is -0.357 e. The Hall–Kier alpha value is -4.50. The van der Waals surface area contributed by atoms with Gasteiger partial charge in [-0.25, -0.2) is 12.8 Å². The molecule has 0 saturated carbocycles. The van der Waals surface area contributed by atoms with Gasteiger partial charge in [-0.05, 0) is 67.8 Å². The smallest absolute Gasteiger partial charge is 0.264 e. The Morgan fingerprint density at radius 1 is 0.837 bits per heavy atom. The van der Waals surface area contributed by atoms with Crippen LogP contribution in [0, 0.1) is 26.6 Å². The molecule has 0 radical (unpaired) electrons. The number of rotatable bonds is 11. The molecule has 0 aliphatic carbocycles. The van der Waals surface area contributed by atoms with Gasteiger partial charge in [-0.1, -0.05) is 72.3 Å². The van der Waals surface area contributed by atoms with Crippen molar-refractivity contribution in [2.24, 2.45) is 0 Å². The van der Waals surface area contributed by atoms with Crippen LogP contribution in [-0.2, 0) is 32.6 Å². The fourth-order valence-corrected chi connectivity index (χ4v) is 6.18. The van der Waals surface area contributed by atoms with E-state index in [1.165, 1.54) is 30.1 Å². The number of nitrogens with one attached hydrogen (secondary N) is 1. The lowest BCUT2D eigenvalue weighted by Gasteiger charge is -2.33. The molecule has 7 nitrogen and oxygen atoms in total. The Morgan fingerprint density at radius 3 is 2.12 bits per heavy atom. The van der Waals surface area contributed by atoms with Crippen LogP contribution in [0.15, 0.2) is 102 Å². The second-order valence-electron chi connectivity index (χ2n) is 10.5. The first-order valence-electron chi connectivity index (χ1n) is 14.0. The highest BCUT2D eigenvalue weighted by atomic mass is 32.2. The van der Waals surface area contributed by atoms with E-state index in [1.807, 2.05) is 51.1 Å². The van der Waals surface area contributed by atoms with Crippen LogP contribution in [0.5, 0.6) is 0 Å². The van der Waals surface area contributed by atoms with Crippen molar-refractivity contribution in [2.45, 2.75) is 44.7 Å². The summed E-state index contributed by atoms with van der Waals surface area (Å²) < 4.78 is 44.1. The Kier molecular flexibility index (Phi) is 9.98. The Morgan fingerprint density at radius 2 is 1.49 bits per heavy atom. The highest BCUT2D eigenvalue weighted by Gasteiger charge is 2.34. The summed E-state index contributed by atoms with van der Waals surface area (Å²) in [5.41, 5.74) is 4.01. The summed E-state index contributed by atoms with van der Waals surface area (Å²) in [5, 5.41) is 2.62. The highest BCUT2D eigenvalue weighted by molar-refractivity contribution is 7.92. The molecule has 4 aromatic carbocycles. The molecule has 0 spiro atoms. The Labute approximate surface area is 253 Å².